The van der Waals surface area contributed by atoms with Crippen LogP contribution in [0.15, 0.2) is 42.5 Å². The zero-order valence-electron chi connectivity index (χ0n) is 18.1. The van der Waals surface area contributed by atoms with Crippen molar-refractivity contribution >= 4 is 46.1 Å². The molecule has 1 saturated heterocycles. The van der Waals surface area contributed by atoms with Crippen molar-refractivity contribution in [3.8, 4) is 5.75 Å². The number of carbonyl (C=O) groups is 3. The molecular weight excluding hydrogens is 589 g/mol. The predicted molar refractivity (Wildman–Crippen MR) is 124 cm³/mol. The summed E-state index contributed by atoms with van der Waals surface area (Å²) >= 11 is 1.82. The van der Waals surface area contributed by atoms with Crippen LogP contribution in [0.4, 0.5) is 28.0 Å². The summed E-state index contributed by atoms with van der Waals surface area (Å²) < 4.78 is 60.9. The molecule has 1 aliphatic rings. The van der Waals surface area contributed by atoms with Crippen LogP contribution >= 0.6 is 22.6 Å². The first-order valence-electron chi connectivity index (χ1n) is 10.2. The predicted octanol–water partition coefficient (Wildman–Crippen LogP) is 3.60. The van der Waals surface area contributed by atoms with Crippen molar-refractivity contribution in [2.24, 2.45) is 5.92 Å². The molecule has 3 rings (SSSR count). The molecule has 13 heteroatoms. The number of halogens is 5. The third-order valence-electron chi connectivity index (χ3n) is 5.27. The normalized spacial score (nSPS) is 17.7. The largest absolute Gasteiger partial charge is 0.491 e. The first kappa shape index (κ1) is 26.7. The Morgan fingerprint density at radius 3 is 2.46 bits per heavy atom. The van der Waals surface area contributed by atoms with Crippen molar-refractivity contribution in [3.63, 3.8) is 0 Å². The highest BCUT2D eigenvalue weighted by Crippen LogP contribution is 2.35. The van der Waals surface area contributed by atoms with Crippen molar-refractivity contribution in [2.45, 2.75) is 25.2 Å². The summed E-state index contributed by atoms with van der Waals surface area (Å²) in [6.07, 6.45) is -4.95. The van der Waals surface area contributed by atoms with E-state index in [2.05, 4.69) is 10.6 Å². The Morgan fingerprint density at radius 2 is 1.89 bits per heavy atom. The number of imide groups is 1. The Bertz CT molecular complexity index is 1110. The highest BCUT2D eigenvalue weighted by molar-refractivity contribution is 14.1. The molecule has 0 spiro atoms. The van der Waals surface area contributed by atoms with E-state index < -0.39 is 53.5 Å². The fourth-order valence-corrected chi connectivity index (χ4v) is 3.90. The van der Waals surface area contributed by atoms with Crippen LogP contribution in [-0.4, -0.2) is 53.3 Å². The molecule has 188 valence electrons. The lowest BCUT2D eigenvalue weighted by Crippen LogP contribution is -2.54. The molecule has 3 atom stereocenters. The second kappa shape index (κ2) is 10.8. The number of hydrogen-bond acceptors (Lipinski definition) is 5. The average Bonchev–Trinajstić information content (AvgIpc) is 3.08. The van der Waals surface area contributed by atoms with E-state index in [-0.39, 0.29) is 23.7 Å². The van der Waals surface area contributed by atoms with Gasteiger partial charge in [-0.25, -0.2) is 14.1 Å². The molecule has 2 unspecified atom stereocenters. The van der Waals surface area contributed by atoms with E-state index in [0.29, 0.717) is 16.2 Å². The van der Waals surface area contributed by atoms with Crippen molar-refractivity contribution in [3.05, 3.63) is 57.4 Å². The van der Waals surface area contributed by atoms with Gasteiger partial charge in [-0.2, -0.15) is 13.2 Å². The number of amides is 4. The van der Waals surface area contributed by atoms with Gasteiger partial charge in [-0.1, -0.05) is 19.1 Å². The quantitative estimate of drug-likeness (QED) is 0.241. The molecule has 8 nitrogen and oxygen atoms in total. The maximum atomic E-state index is 14.2. The number of aliphatic hydroxyl groups is 1. The van der Waals surface area contributed by atoms with Crippen molar-refractivity contribution in [2.75, 3.05) is 18.5 Å². The maximum Gasteiger partial charge on any atom is 0.394 e. The van der Waals surface area contributed by atoms with Crippen LogP contribution in [0.25, 0.3) is 0 Å². The van der Waals surface area contributed by atoms with Gasteiger partial charge < -0.3 is 20.5 Å². The minimum absolute atomic E-state index is 0.0273. The summed E-state index contributed by atoms with van der Waals surface area (Å²) in [7, 11) is 0. The average molecular weight is 609 g/mol. The van der Waals surface area contributed by atoms with Crippen LogP contribution < -0.4 is 15.4 Å². The lowest BCUT2D eigenvalue weighted by Gasteiger charge is -2.30. The second-order valence-electron chi connectivity index (χ2n) is 7.62. The molecule has 3 N–H and O–H groups in total. The number of alkyl halides is 3. The number of rotatable bonds is 8. The van der Waals surface area contributed by atoms with Gasteiger partial charge in [-0.05, 0) is 58.5 Å². The molecule has 0 radical (unpaired) electrons. The zero-order valence-corrected chi connectivity index (χ0v) is 20.3. The summed E-state index contributed by atoms with van der Waals surface area (Å²) in [5.74, 6) is -5.41. The standard InChI is InChI=1S/C22H20F4IN3O5/c1-11(22(24,25)26)18(19(32)28-16-7-4-13(27)10-15(16)23)30-20(33)17(29-21(30)34)12-2-5-14(6-3-12)35-9-8-31/h2-7,10-11,17-18,31H,8-9H2,1H3,(H,28,32)(H,29,34)/t11?,17-,18?/m1/s1. The summed E-state index contributed by atoms with van der Waals surface area (Å²) in [5.41, 5.74) is -0.151. The van der Waals surface area contributed by atoms with E-state index in [9.17, 15) is 31.9 Å². The topological polar surface area (TPSA) is 108 Å². The van der Waals surface area contributed by atoms with Crippen LogP contribution in [0.3, 0.4) is 0 Å². The molecule has 0 saturated carbocycles. The Morgan fingerprint density at radius 1 is 1.23 bits per heavy atom. The van der Waals surface area contributed by atoms with Crippen molar-refractivity contribution in [1.82, 2.24) is 10.2 Å². The number of urea groups is 1. The Kier molecular flexibility index (Phi) is 8.20. The van der Waals surface area contributed by atoms with E-state index in [1.54, 1.807) is 0 Å². The third-order valence-corrected chi connectivity index (χ3v) is 5.94. The number of aliphatic hydroxyl groups excluding tert-OH is 1. The Labute approximate surface area is 210 Å². The summed E-state index contributed by atoms with van der Waals surface area (Å²) in [5, 5.41) is 13.2. The molecule has 2 aromatic rings. The van der Waals surface area contributed by atoms with Crippen molar-refractivity contribution in [1.29, 1.82) is 0 Å². The van der Waals surface area contributed by atoms with Gasteiger partial charge in [0.15, 0.2) is 0 Å². The van der Waals surface area contributed by atoms with Gasteiger partial charge in [0.2, 0.25) is 5.91 Å². The fraction of sp³-hybridized carbons (Fsp3) is 0.318. The van der Waals surface area contributed by atoms with Gasteiger partial charge in [-0.3, -0.25) is 9.59 Å². The van der Waals surface area contributed by atoms with Crippen LogP contribution in [0.5, 0.6) is 5.75 Å². The van der Waals surface area contributed by atoms with Crippen LogP contribution in [0, 0.1) is 15.3 Å². The lowest BCUT2D eigenvalue weighted by molar-refractivity contribution is -0.186. The van der Waals surface area contributed by atoms with Gasteiger partial charge >= 0.3 is 12.2 Å². The molecule has 1 heterocycles. The number of anilines is 1. The van der Waals surface area contributed by atoms with Crippen LogP contribution in [0.1, 0.15) is 18.5 Å². The maximum absolute atomic E-state index is 14.2. The Balaban J connectivity index is 1.90. The molecule has 35 heavy (non-hydrogen) atoms. The third kappa shape index (κ3) is 6.01. The van der Waals surface area contributed by atoms with Gasteiger partial charge in [0.25, 0.3) is 5.91 Å². The highest BCUT2D eigenvalue weighted by Gasteiger charge is 2.53. The Hall–Kier alpha value is -2.94. The minimum atomic E-state index is -4.95. The molecule has 0 aliphatic carbocycles. The highest BCUT2D eigenvalue weighted by atomic mass is 127. The molecule has 2 aromatic carbocycles. The van der Waals surface area contributed by atoms with E-state index in [1.807, 2.05) is 22.6 Å². The van der Waals surface area contributed by atoms with Gasteiger partial charge in [-0.15, -0.1) is 0 Å². The molecule has 1 fully saturated rings. The van der Waals surface area contributed by atoms with E-state index in [1.165, 1.54) is 36.4 Å². The number of nitrogens with one attached hydrogen (secondary N) is 2. The van der Waals surface area contributed by atoms with E-state index in [4.69, 9.17) is 9.84 Å². The lowest BCUT2D eigenvalue weighted by atomic mass is 9.97. The number of hydrogen-bond donors (Lipinski definition) is 3. The van der Waals surface area contributed by atoms with Gasteiger partial charge in [0.05, 0.1) is 18.2 Å². The van der Waals surface area contributed by atoms with Crippen LogP contribution in [-0.2, 0) is 9.59 Å². The van der Waals surface area contributed by atoms with Gasteiger partial charge in [0, 0.05) is 3.57 Å². The number of benzene rings is 2. The molecule has 1 aliphatic heterocycles. The minimum Gasteiger partial charge on any atom is -0.491 e. The van der Waals surface area contributed by atoms with E-state index in [0.717, 1.165) is 6.07 Å². The van der Waals surface area contributed by atoms with E-state index >= 15 is 0 Å². The SMILES string of the molecule is CC(C(C(=O)Nc1ccc(I)cc1F)N1C(=O)N[C@H](c2ccc(OCCO)cc2)C1=O)C(F)(F)F. The fourth-order valence-electron chi connectivity index (χ4n) is 3.45. The van der Waals surface area contributed by atoms with Crippen LogP contribution in [0.2, 0.25) is 0 Å². The summed E-state index contributed by atoms with van der Waals surface area (Å²) in [4.78, 5) is 38.8. The summed E-state index contributed by atoms with van der Waals surface area (Å²) in [6.45, 7) is 0.468. The van der Waals surface area contributed by atoms with Crippen molar-refractivity contribution < 1.29 is 41.8 Å². The number of ether oxygens (including phenoxy) is 1. The molecule has 0 bridgehead atoms. The molecular formula is C22H20F4IN3O5. The smallest absolute Gasteiger partial charge is 0.394 e. The second-order valence-corrected chi connectivity index (χ2v) is 8.87. The zero-order chi connectivity index (χ0) is 25.9. The molecule has 4 amide bonds. The summed E-state index contributed by atoms with van der Waals surface area (Å²) in [6, 6.07) is 4.57. The first-order valence-corrected chi connectivity index (χ1v) is 11.3. The van der Waals surface area contributed by atoms with Gasteiger partial charge in [0.1, 0.15) is 30.3 Å². The number of carbonyl (C=O) groups excluding carboxylic acids is 3. The monoisotopic (exact) mass is 609 g/mol. The number of nitrogens with zero attached hydrogens (tertiary/aromatic N) is 1. The first-order chi connectivity index (χ1) is 16.4. The molecule has 0 aromatic heterocycles.